The lowest BCUT2D eigenvalue weighted by molar-refractivity contribution is -0.0466. The van der Waals surface area contributed by atoms with E-state index in [0.29, 0.717) is 36.7 Å². The van der Waals surface area contributed by atoms with Crippen LogP contribution in [0.3, 0.4) is 0 Å². The third kappa shape index (κ3) is 7.53. The molecule has 0 aliphatic carbocycles. The van der Waals surface area contributed by atoms with Crippen LogP contribution in [0.4, 0.5) is 15.8 Å². The van der Waals surface area contributed by atoms with Crippen LogP contribution in [-0.4, -0.2) is 90.6 Å². The molecule has 2 saturated heterocycles. The summed E-state index contributed by atoms with van der Waals surface area (Å²) in [6.45, 7) is 2.78. The molecule has 254 valence electrons. The number of ether oxygens (including phenoxy) is 3. The number of nitriles is 1. The molecule has 1 unspecified atom stereocenters. The minimum absolute atomic E-state index is 0.0133. The summed E-state index contributed by atoms with van der Waals surface area (Å²) in [4.78, 5) is 22.0. The number of hydrogen-bond acceptors (Lipinski definition) is 12. The van der Waals surface area contributed by atoms with Gasteiger partial charge in [0.2, 0.25) is 5.88 Å². The summed E-state index contributed by atoms with van der Waals surface area (Å²) >= 11 is 0. The topological polar surface area (TPSA) is 166 Å². The third-order valence-electron chi connectivity index (χ3n) is 9.28. The summed E-state index contributed by atoms with van der Waals surface area (Å²) in [7, 11) is 0. The predicted octanol–water partition coefficient (Wildman–Crippen LogP) is 2.94. The first-order valence-electron chi connectivity index (χ1n) is 16.3. The molecule has 0 bridgehead atoms. The number of halogens is 1. The molecule has 3 aromatic rings. The van der Waals surface area contributed by atoms with Crippen molar-refractivity contribution in [2.75, 3.05) is 62.8 Å². The monoisotopic (exact) mass is 660 g/mol. The van der Waals surface area contributed by atoms with Gasteiger partial charge in [-0.25, -0.2) is 14.2 Å². The van der Waals surface area contributed by atoms with Gasteiger partial charge in [0, 0.05) is 42.3 Å². The number of rotatable bonds is 13. The van der Waals surface area contributed by atoms with Gasteiger partial charge in [0.25, 0.3) is 0 Å². The van der Waals surface area contributed by atoms with Gasteiger partial charge in [-0.1, -0.05) is 12.1 Å². The van der Waals surface area contributed by atoms with Crippen molar-refractivity contribution in [3.63, 3.8) is 0 Å². The maximum Gasteiger partial charge on any atom is 0.338 e. The number of nitrogens with zero attached hydrogens (tertiary/aromatic N) is 4. The number of likely N-dealkylation sites (tertiary alicyclic amines) is 1. The molecule has 13 heteroatoms. The fraction of sp³-hybridized carbons (Fsp3) is 0.457. The maximum atomic E-state index is 14.3. The average Bonchev–Trinajstić information content (AvgIpc) is 3.36. The maximum absolute atomic E-state index is 14.3. The van der Waals surface area contributed by atoms with Crippen LogP contribution in [-0.2, 0) is 16.1 Å². The Morgan fingerprint density at radius 2 is 1.96 bits per heavy atom. The number of benzene rings is 2. The minimum atomic E-state index is -0.942. The molecule has 0 saturated carbocycles. The van der Waals surface area contributed by atoms with Crippen molar-refractivity contribution in [3.05, 3.63) is 82.8 Å². The molecule has 0 radical (unpaired) electrons. The van der Waals surface area contributed by atoms with Crippen molar-refractivity contribution in [3.8, 4) is 11.9 Å². The number of aromatic nitrogens is 1. The molecule has 3 aliphatic rings. The Balaban J connectivity index is 1.08. The number of fused-ring (bicyclic) bond motifs is 1. The van der Waals surface area contributed by atoms with Crippen molar-refractivity contribution in [2.45, 2.75) is 43.7 Å². The minimum Gasteiger partial charge on any atom is -0.473 e. The van der Waals surface area contributed by atoms with E-state index in [-0.39, 0.29) is 44.0 Å². The zero-order valence-electron chi connectivity index (χ0n) is 26.7. The number of nitrogens with two attached hydrogens (primary N) is 1. The Morgan fingerprint density at radius 1 is 1.17 bits per heavy atom. The predicted molar refractivity (Wildman–Crippen MR) is 175 cm³/mol. The lowest BCUT2D eigenvalue weighted by atomic mass is 9.93. The standard InChI is InChI=1S/C35H41FN6O6/c36-29-14-23(16-37)4-5-27(29)21-47-33-3-1-2-30(39-33)25-8-11-41(12-9-25)22-35(38)40-31-7-6-26(34(45)48-20-24(18-43)19-44)15-32(31)42(35)17-28-10-13-46-28/h1-7,14-15,24-25,28,40,43-44H,8-13,17-22,38H2/t28-,35?/m0/s1. The molecule has 0 spiro atoms. The highest BCUT2D eigenvalue weighted by Crippen LogP contribution is 2.40. The molecule has 48 heavy (non-hydrogen) atoms. The van der Waals surface area contributed by atoms with Crippen LogP contribution in [0.5, 0.6) is 5.88 Å². The Bertz CT molecular complexity index is 1640. The van der Waals surface area contributed by atoms with Gasteiger partial charge in [-0.15, -0.1) is 0 Å². The second-order valence-corrected chi connectivity index (χ2v) is 12.7. The van der Waals surface area contributed by atoms with E-state index < -0.39 is 23.5 Å². The molecule has 12 nitrogen and oxygen atoms in total. The zero-order chi connectivity index (χ0) is 33.7. The summed E-state index contributed by atoms with van der Waals surface area (Å²) in [5.74, 6) is -1.84. The molecule has 2 atom stereocenters. The first-order chi connectivity index (χ1) is 23.3. The van der Waals surface area contributed by atoms with Gasteiger partial charge < -0.3 is 34.6 Å². The van der Waals surface area contributed by atoms with Crippen LogP contribution in [0.2, 0.25) is 0 Å². The number of carbonyl (C=O) groups excluding carboxylic acids is 1. The Labute approximate surface area is 278 Å². The van der Waals surface area contributed by atoms with Crippen LogP contribution in [0.25, 0.3) is 0 Å². The second-order valence-electron chi connectivity index (χ2n) is 12.7. The zero-order valence-corrected chi connectivity index (χ0v) is 26.7. The molecular formula is C35H41FN6O6. The number of anilines is 2. The van der Waals surface area contributed by atoms with E-state index in [0.717, 1.165) is 49.4 Å². The Hall–Kier alpha value is -4.32. The number of aliphatic hydroxyl groups excluding tert-OH is 2. The van der Waals surface area contributed by atoms with Crippen LogP contribution in [0, 0.1) is 23.1 Å². The molecular weight excluding hydrogens is 619 g/mol. The largest absolute Gasteiger partial charge is 0.473 e. The summed E-state index contributed by atoms with van der Waals surface area (Å²) in [6, 6.07) is 17.2. The third-order valence-corrected chi connectivity index (χ3v) is 9.28. The molecule has 2 fully saturated rings. The number of nitrogens with one attached hydrogen (secondary N) is 1. The smallest absolute Gasteiger partial charge is 0.338 e. The second kappa shape index (κ2) is 14.8. The number of carbonyl (C=O) groups is 1. The average molecular weight is 661 g/mol. The summed E-state index contributed by atoms with van der Waals surface area (Å²) in [5, 5.41) is 31.1. The molecule has 2 aromatic carbocycles. The van der Waals surface area contributed by atoms with Gasteiger partial charge in [-0.05, 0) is 68.8 Å². The molecule has 1 aromatic heterocycles. The van der Waals surface area contributed by atoms with Gasteiger partial charge in [0.1, 0.15) is 12.4 Å². The summed E-state index contributed by atoms with van der Waals surface area (Å²) in [5.41, 5.74) is 10.6. The fourth-order valence-corrected chi connectivity index (χ4v) is 6.31. The summed E-state index contributed by atoms with van der Waals surface area (Å²) in [6.07, 6.45) is 2.70. The highest BCUT2D eigenvalue weighted by atomic mass is 19.1. The van der Waals surface area contributed by atoms with E-state index in [1.54, 1.807) is 30.3 Å². The van der Waals surface area contributed by atoms with Crippen LogP contribution in [0.15, 0.2) is 54.6 Å². The van der Waals surface area contributed by atoms with Crippen LogP contribution in [0.1, 0.15) is 52.4 Å². The number of aliphatic hydroxyl groups is 2. The first-order valence-corrected chi connectivity index (χ1v) is 16.3. The fourth-order valence-electron chi connectivity index (χ4n) is 6.31. The van der Waals surface area contributed by atoms with E-state index in [9.17, 15) is 19.4 Å². The summed E-state index contributed by atoms with van der Waals surface area (Å²) < 4.78 is 31.2. The quantitative estimate of drug-likeness (QED) is 0.198. The highest BCUT2D eigenvalue weighted by Gasteiger charge is 2.44. The van der Waals surface area contributed by atoms with Crippen molar-refractivity contribution < 1.29 is 33.6 Å². The molecule has 4 heterocycles. The first kappa shape index (κ1) is 33.6. The van der Waals surface area contributed by atoms with Gasteiger partial charge >= 0.3 is 5.97 Å². The SMILES string of the molecule is N#Cc1ccc(COc2cccc(C3CCN(CC4(N)Nc5ccc(C(=O)OCC(CO)CO)cc5N4C[C@@H]4CCO4)CC3)n2)c(F)c1. The van der Waals surface area contributed by atoms with E-state index in [1.807, 2.05) is 24.3 Å². The number of piperidine rings is 1. The molecule has 3 aliphatic heterocycles. The van der Waals surface area contributed by atoms with E-state index in [4.69, 9.17) is 30.2 Å². The molecule has 6 rings (SSSR count). The normalized spacial score (nSPS) is 20.9. The lowest BCUT2D eigenvalue weighted by Crippen LogP contribution is -2.66. The Morgan fingerprint density at radius 3 is 2.65 bits per heavy atom. The van der Waals surface area contributed by atoms with E-state index >= 15 is 0 Å². The van der Waals surface area contributed by atoms with Gasteiger partial charge in [-0.2, -0.15) is 5.26 Å². The Kier molecular flexibility index (Phi) is 10.4. The number of pyridine rings is 1. The van der Waals surface area contributed by atoms with Crippen molar-refractivity contribution in [1.29, 1.82) is 5.26 Å². The van der Waals surface area contributed by atoms with Crippen molar-refractivity contribution in [1.82, 2.24) is 9.88 Å². The van der Waals surface area contributed by atoms with Crippen molar-refractivity contribution in [2.24, 2.45) is 11.7 Å². The highest BCUT2D eigenvalue weighted by molar-refractivity contribution is 5.93. The van der Waals surface area contributed by atoms with Crippen LogP contribution < -0.4 is 20.7 Å². The number of hydrogen-bond donors (Lipinski definition) is 4. The van der Waals surface area contributed by atoms with E-state index in [2.05, 4.69) is 15.1 Å². The van der Waals surface area contributed by atoms with Crippen molar-refractivity contribution >= 4 is 17.3 Å². The van der Waals surface area contributed by atoms with Gasteiger partial charge in [0.15, 0.2) is 5.79 Å². The van der Waals surface area contributed by atoms with Crippen LogP contribution >= 0.6 is 0 Å². The van der Waals surface area contributed by atoms with Gasteiger partial charge in [0.05, 0.1) is 61.0 Å². The number of esters is 1. The van der Waals surface area contributed by atoms with Gasteiger partial charge in [-0.3, -0.25) is 10.6 Å². The molecule has 5 N–H and O–H groups in total. The molecule has 0 amide bonds. The van der Waals surface area contributed by atoms with E-state index in [1.165, 1.54) is 6.07 Å². The lowest BCUT2D eigenvalue weighted by Gasteiger charge is -2.44.